The first-order valence-corrected chi connectivity index (χ1v) is 6.80. The van der Waals surface area contributed by atoms with Crippen molar-refractivity contribution in [3.63, 3.8) is 0 Å². The molecule has 0 bridgehead atoms. The van der Waals surface area contributed by atoms with Crippen LogP contribution in [0.5, 0.6) is 5.75 Å². The third-order valence-electron chi connectivity index (χ3n) is 3.18. The molecule has 3 rings (SSSR count). The molecule has 2 aromatic heterocycles. The zero-order chi connectivity index (χ0) is 14.7. The van der Waals surface area contributed by atoms with Crippen molar-refractivity contribution < 1.29 is 4.74 Å². The van der Waals surface area contributed by atoms with E-state index in [4.69, 9.17) is 4.74 Å². The van der Waals surface area contributed by atoms with Crippen LogP contribution in [0.3, 0.4) is 0 Å². The molecule has 0 fully saturated rings. The Balaban J connectivity index is 1.91. The van der Waals surface area contributed by atoms with Gasteiger partial charge in [-0.25, -0.2) is 4.68 Å². The van der Waals surface area contributed by atoms with Crippen molar-refractivity contribution in [1.29, 1.82) is 0 Å². The van der Waals surface area contributed by atoms with Crippen molar-refractivity contribution >= 4 is 10.8 Å². The zero-order valence-electron chi connectivity index (χ0n) is 11.7. The Kier molecular flexibility index (Phi) is 3.64. The first-order chi connectivity index (χ1) is 10.3. The largest absolute Gasteiger partial charge is 0.492 e. The molecule has 0 radical (unpaired) electrons. The second-order valence-corrected chi connectivity index (χ2v) is 4.61. The second-order valence-electron chi connectivity index (χ2n) is 4.61. The number of pyridine rings is 1. The molecule has 0 saturated carbocycles. The van der Waals surface area contributed by atoms with E-state index in [1.807, 2.05) is 43.3 Å². The van der Waals surface area contributed by atoms with Crippen molar-refractivity contribution in [3.05, 3.63) is 64.8 Å². The van der Waals surface area contributed by atoms with Gasteiger partial charge in [-0.3, -0.25) is 9.78 Å². The van der Waals surface area contributed by atoms with E-state index in [-0.39, 0.29) is 5.56 Å². The smallest absolute Gasteiger partial charge is 0.274 e. The minimum Gasteiger partial charge on any atom is -0.492 e. The second kappa shape index (κ2) is 5.75. The molecule has 0 saturated heterocycles. The molecule has 106 valence electrons. The lowest BCUT2D eigenvalue weighted by Crippen LogP contribution is -2.23. The lowest BCUT2D eigenvalue weighted by molar-refractivity contribution is 0.338. The molecule has 0 spiro atoms. The molecule has 0 aliphatic carbocycles. The van der Waals surface area contributed by atoms with E-state index in [0.29, 0.717) is 18.5 Å². The fourth-order valence-electron chi connectivity index (χ4n) is 2.15. The molecule has 1 aromatic carbocycles. The van der Waals surface area contributed by atoms with Crippen molar-refractivity contribution in [2.75, 3.05) is 6.61 Å². The molecule has 0 aliphatic rings. The fourth-order valence-corrected chi connectivity index (χ4v) is 2.15. The van der Waals surface area contributed by atoms with Gasteiger partial charge in [0.05, 0.1) is 36.6 Å². The number of hydrogen-bond donors (Lipinski definition) is 0. The van der Waals surface area contributed by atoms with Crippen molar-refractivity contribution in [2.45, 2.75) is 13.5 Å². The van der Waals surface area contributed by atoms with Crippen molar-refractivity contribution in [2.24, 2.45) is 0 Å². The van der Waals surface area contributed by atoms with E-state index in [1.54, 1.807) is 12.4 Å². The van der Waals surface area contributed by atoms with Crippen LogP contribution in [0.1, 0.15) is 12.6 Å². The summed E-state index contributed by atoms with van der Waals surface area (Å²) in [7, 11) is 0. The van der Waals surface area contributed by atoms with E-state index in [1.165, 1.54) is 4.68 Å². The zero-order valence-corrected chi connectivity index (χ0v) is 11.7. The van der Waals surface area contributed by atoms with Gasteiger partial charge in [0.15, 0.2) is 0 Å². The quantitative estimate of drug-likeness (QED) is 0.736. The predicted molar refractivity (Wildman–Crippen MR) is 80.5 cm³/mol. The summed E-state index contributed by atoms with van der Waals surface area (Å²) in [6, 6.07) is 11.1. The normalized spacial score (nSPS) is 10.7. The van der Waals surface area contributed by atoms with Crippen LogP contribution in [-0.2, 0) is 6.54 Å². The molecule has 0 atom stereocenters. The van der Waals surface area contributed by atoms with Crippen LogP contribution in [0.15, 0.2) is 53.6 Å². The van der Waals surface area contributed by atoms with Gasteiger partial charge in [0.2, 0.25) is 0 Å². The fraction of sp³-hybridized carbons (Fsp3) is 0.188. The monoisotopic (exact) mass is 281 g/mol. The van der Waals surface area contributed by atoms with Crippen LogP contribution in [0, 0.1) is 0 Å². The Morgan fingerprint density at radius 1 is 1.14 bits per heavy atom. The Morgan fingerprint density at radius 3 is 2.76 bits per heavy atom. The molecule has 0 N–H and O–H groups in total. The number of fused-ring (bicyclic) bond motifs is 1. The summed E-state index contributed by atoms with van der Waals surface area (Å²) in [5.41, 5.74) is 0.659. The standard InChI is InChI=1S/C16H15N3O2/c1-2-21-14-8-7-13(17-10-14)11-19-16(20)15-6-4-3-5-12(15)9-18-19/h3-10H,2,11H2,1H3. The van der Waals surface area contributed by atoms with Crippen molar-refractivity contribution in [1.82, 2.24) is 14.8 Å². The topological polar surface area (TPSA) is 57.0 Å². The van der Waals surface area contributed by atoms with Gasteiger partial charge in [-0.05, 0) is 25.1 Å². The predicted octanol–water partition coefficient (Wildman–Crippen LogP) is 2.24. The molecular weight excluding hydrogens is 266 g/mol. The molecule has 0 amide bonds. The van der Waals surface area contributed by atoms with Crippen LogP contribution in [0.25, 0.3) is 10.8 Å². The number of benzene rings is 1. The molecule has 0 unspecified atom stereocenters. The molecule has 5 heteroatoms. The van der Waals surface area contributed by atoms with E-state index in [9.17, 15) is 4.79 Å². The van der Waals surface area contributed by atoms with Crippen LogP contribution in [-0.4, -0.2) is 21.4 Å². The average molecular weight is 281 g/mol. The van der Waals surface area contributed by atoms with Crippen LogP contribution < -0.4 is 10.3 Å². The summed E-state index contributed by atoms with van der Waals surface area (Å²) < 4.78 is 6.77. The highest BCUT2D eigenvalue weighted by Crippen LogP contribution is 2.10. The highest BCUT2D eigenvalue weighted by molar-refractivity contribution is 5.80. The van der Waals surface area contributed by atoms with E-state index < -0.39 is 0 Å². The molecule has 21 heavy (non-hydrogen) atoms. The lowest BCUT2D eigenvalue weighted by atomic mass is 10.2. The van der Waals surface area contributed by atoms with Gasteiger partial charge in [0.1, 0.15) is 5.75 Å². The summed E-state index contributed by atoms with van der Waals surface area (Å²) in [5.74, 6) is 0.722. The SMILES string of the molecule is CCOc1ccc(Cn2ncc3ccccc3c2=O)nc1. The van der Waals surface area contributed by atoms with Crippen LogP contribution in [0.2, 0.25) is 0 Å². The number of aromatic nitrogens is 3. The highest BCUT2D eigenvalue weighted by Gasteiger charge is 2.05. The lowest BCUT2D eigenvalue weighted by Gasteiger charge is -2.07. The first kappa shape index (κ1) is 13.3. The first-order valence-electron chi connectivity index (χ1n) is 6.80. The Morgan fingerprint density at radius 2 is 2.00 bits per heavy atom. The van der Waals surface area contributed by atoms with Gasteiger partial charge in [0, 0.05) is 5.39 Å². The number of hydrogen-bond acceptors (Lipinski definition) is 4. The summed E-state index contributed by atoms with van der Waals surface area (Å²) in [5, 5.41) is 5.70. The molecule has 0 aliphatic heterocycles. The van der Waals surface area contributed by atoms with Gasteiger partial charge in [-0.2, -0.15) is 5.10 Å². The Bertz CT molecular complexity index is 810. The summed E-state index contributed by atoms with van der Waals surface area (Å²) >= 11 is 0. The van der Waals surface area contributed by atoms with Gasteiger partial charge in [-0.15, -0.1) is 0 Å². The van der Waals surface area contributed by atoms with Crippen molar-refractivity contribution in [3.8, 4) is 5.75 Å². The average Bonchev–Trinajstić information content (AvgIpc) is 2.52. The maximum Gasteiger partial charge on any atom is 0.274 e. The summed E-state index contributed by atoms with van der Waals surface area (Å²) in [6.45, 7) is 2.87. The molecular formula is C16H15N3O2. The van der Waals surface area contributed by atoms with Crippen LogP contribution >= 0.6 is 0 Å². The minimum atomic E-state index is -0.108. The maximum atomic E-state index is 12.4. The third-order valence-corrected chi connectivity index (χ3v) is 3.18. The van der Waals surface area contributed by atoms with Gasteiger partial charge in [0.25, 0.3) is 5.56 Å². The summed E-state index contributed by atoms with van der Waals surface area (Å²) in [6.07, 6.45) is 3.36. The Labute approximate surface area is 121 Å². The summed E-state index contributed by atoms with van der Waals surface area (Å²) in [4.78, 5) is 16.6. The van der Waals surface area contributed by atoms with E-state index in [2.05, 4.69) is 10.1 Å². The number of nitrogens with zero attached hydrogens (tertiary/aromatic N) is 3. The Hall–Kier alpha value is -2.69. The highest BCUT2D eigenvalue weighted by atomic mass is 16.5. The van der Waals surface area contributed by atoms with Gasteiger partial charge in [-0.1, -0.05) is 18.2 Å². The molecule has 3 aromatic rings. The number of rotatable bonds is 4. The molecule has 5 nitrogen and oxygen atoms in total. The van der Waals surface area contributed by atoms with Gasteiger partial charge >= 0.3 is 0 Å². The minimum absolute atomic E-state index is 0.108. The number of ether oxygens (including phenoxy) is 1. The van der Waals surface area contributed by atoms with Gasteiger partial charge < -0.3 is 4.74 Å². The molecule has 2 heterocycles. The third kappa shape index (κ3) is 2.76. The van der Waals surface area contributed by atoms with Crippen LogP contribution in [0.4, 0.5) is 0 Å². The van der Waals surface area contributed by atoms with E-state index >= 15 is 0 Å². The maximum absolute atomic E-state index is 12.4. The van der Waals surface area contributed by atoms with E-state index in [0.717, 1.165) is 16.8 Å².